The van der Waals surface area contributed by atoms with E-state index in [9.17, 15) is 4.39 Å². The van der Waals surface area contributed by atoms with Gasteiger partial charge in [0.15, 0.2) is 5.11 Å². The number of thiocarbonyl (C=S) groups is 1. The minimum absolute atomic E-state index is 0.157. The van der Waals surface area contributed by atoms with E-state index in [4.69, 9.17) is 12.2 Å². The quantitative estimate of drug-likeness (QED) is 0.674. The second-order valence-corrected chi connectivity index (χ2v) is 8.54. The van der Waals surface area contributed by atoms with Crippen LogP contribution in [0.15, 0.2) is 48.5 Å². The highest BCUT2D eigenvalue weighted by Gasteiger charge is 2.44. The molecule has 2 aromatic rings. The van der Waals surface area contributed by atoms with Crippen molar-refractivity contribution in [3.8, 4) is 0 Å². The van der Waals surface area contributed by atoms with Gasteiger partial charge in [-0.2, -0.15) is 0 Å². The van der Waals surface area contributed by atoms with Gasteiger partial charge in [-0.25, -0.2) is 4.39 Å². The van der Waals surface area contributed by atoms with Crippen molar-refractivity contribution in [3.63, 3.8) is 0 Å². The number of fused-ring (bicyclic) bond motifs is 2. The zero-order valence-corrected chi connectivity index (χ0v) is 17.2. The van der Waals surface area contributed by atoms with Crippen LogP contribution in [-0.4, -0.2) is 23.2 Å². The summed E-state index contributed by atoms with van der Waals surface area (Å²) in [5.74, 6) is -0.157. The third-order valence-electron chi connectivity index (χ3n) is 6.35. The molecule has 5 heteroatoms. The maximum Gasteiger partial charge on any atom is 0.171 e. The van der Waals surface area contributed by atoms with Crippen LogP contribution in [0.3, 0.4) is 0 Å². The molecule has 0 radical (unpaired) electrons. The van der Waals surface area contributed by atoms with Crippen LogP contribution in [0, 0.1) is 5.82 Å². The molecule has 0 aliphatic carbocycles. The Morgan fingerprint density at radius 2 is 1.75 bits per heavy atom. The predicted molar refractivity (Wildman–Crippen MR) is 116 cm³/mol. The largest absolute Gasteiger partial charge is 0.359 e. The molecule has 3 nitrogen and oxygen atoms in total. The average Bonchev–Trinajstić information content (AvgIpc) is 2.92. The summed E-state index contributed by atoms with van der Waals surface area (Å²) < 4.78 is 13.2. The summed E-state index contributed by atoms with van der Waals surface area (Å²) in [4.78, 5) is 1.67. The lowest BCUT2D eigenvalue weighted by Crippen LogP contribution is -3.17. The highest BCUT2D eigenvalue weighted by Crippen LogP contribution is 2.24. The number of quaternary nitrogens is 1. The highest BCUT2D eigenvalue weighted by atomic mass is 32.1. The Labute approximate surface area is 172 Å². The van der Waals surface area contributed by atoms with E-state index >= 15 is 0 Å². The van der Waals surface area contributed by atoms with E-state index in [1.54, 1.807) is 17.0 Å². The number of rotatable bonds is 5. The SMILES string of the molecule is CCc1ccccc1NC(=S)NC1C[C@H]2CC[C@H](C1)[NH+]2Cc1ccc(F)cc1. The first-order chi connectivity index (χ1) is 13.6. The van der Waals surface area contributed by atoms with E-state index in [1.807, 2.05) is 18.2 Å². The van der Waals surface area contributed by atoms with Gasteiger partial charge in [0.25, 0.3) is 0 Å². The second-order valence-electron chi connectivity index (χ2n) is 8.13. The summed E-state index contributed by atoms with van der Waals surface area (Å²) in [7, 11) is 0. The average molecular weight is 399 g/mol. The van der Waals surface area contributed by atoms with Crippen LogP contribution < -0.4 is 15.5 Å². The topological polar surface area (TPSA) is 28.5 Å². The normalized spacial score (nSPS) is 26.1. The molecule has 2 aromatic carbocycles. The van der Waals surface area contributed by atoms with Gasteiger partial charge in [0.2, 0.25) is 0 Å². The first-order valence-electron chi connectivity index (χ1n) is 10.4. The van der Waals surface area contributed by atoms with Crippen LogP contribution in [0.4, 0.5) is 10.1 Å². The van der Waals surface area contributed by atoms with Gasteiger partial charge < -0.3 is 15.5 Å². The molecule has 0 spiro atoms. The van der Waals surface area contributed by atoms with Crippen molar-refractivity contribution in [2.45, 2.75) is 63.7 Å². The molecule has 0 amide bonds. The number of anilines is 1. The lowest BCUT2D eigenvalue weighted by Gasteiger charge is -2.37. The summed E-state index contributed by atoms with van der Waals surface area (Å²) in [6.45, 7) is 3.16. The first kappa shape index (κ1) is 19.3. The van der Waals surface area contributed by atoms with Crippen molar-refractivity contribution in [2.75, 3.05) is 5.32 Å². The molecule has 28 heavy (non-hydrogen) atoms. The lowest BCUT2D eigenvalue weighted by molar-refractivity contribution is -0.954. The van der Waals surface area contributed by atoms with E-state index in [1.165, 1.54) is 24.0 Å². The molecule has 2 aliphatic rings. The van der Waals surface area contributed by atoms with E-state index in [-0.39, 0.29) is 5.82 Å². The number of nitrogens with one attached hydrogen (secondary N) is 3. The van der Waals surface area contributed by atoms with Gasteiger partial charge >= 0.3 is 0 Å². The van der Waals surface area contributed by atoms with E-state index in [0.29, 0.717) is 18.1 Å². The van der Waals surface area contributed by atoms with Crippen molar-refractivity contribution >= 4 is 23.0 Å². The highest BCUT2D eigenvalue weighted by molar-refractivity contribution is 7.80. The molecule has 0 aromatic heterocycles. The van der Waals surface area contributed by atoms with Gasteiger partial charge in [0, 0.05) is 43.0 Å². The van der Waals surface area contributed by atoms with Gasteiger partial charge in [0.05, 0.1) is 12.1 Å². The first-order valence-corrected chi connectivity index (χ1v) is 10.8. The van der Waals surface area contributed by atoms with Crippen LogP contribution in [0.2, 0.25) is 0 Å². The van der Waals surface area contributed by atoms with Gasteiger partial charge in [-0.05, 0) is 42.4 Å². The molecule has 148 valence electrons. The van der Waals surface area contributed by atoms with Crippen LogP contribution >= 0.6 is 12.2 Å². The third kappa shape index (κ3) is 4.36. The molecular weight excluding hydrogens is 369 g/mol. The standard InChI is InChI=1S/C23H28FN3S/c1-2-17-5-3-4-6-22(17)26-23(28)25-19-13-20-11-12-21(14-19)27(20)15-16-7-9-18(24)10-8-16/h3-10,19-21H,2,11-15H2,1H3,(H2,25,26,28)/p+1/t20-,21-/m1/s1. The Bertz CT molecular complexity index is 809. The molecule has 2 heterocycles. The van der Waals surface area contributed by atoms with Crippen molar-refractivity contribution in [2.24, 2.45) is 0 Å². The van der Waals surface area contributed by atoms with Crippen LogP contribution in [0.5, 0.6) is 0 Å². The van der Waals surface area contributed by atoms with Crippen LogP contribution in [0.1, 0.15) is 43.7 Å². The molecule has 4 rings (SSSR count). The fraction of sp³-hybridized carbons (Fsp3) is 0.435. The Hall–Kier alpha value is -1.98. The molecule has 2 bridgehead atoms. The van der Waals surface area contributed by atoms with Crippen molar-refractivity contribution in [1.29, 1.82) is 0 Å². The summed E-state index contributed by atoms with van der Waals surface area (Å²) in [5, 5.41) is 7.69. The molecule has 2 atom stereocenters. The minimum Gasteiger partial charge on any atom is -0.359 e. The molecule has 2 aliphatic heterocycles. The fourth-order valence-corrected chi connectivity index (χ4v) is 5.24. The Kier molecular flexibility index (Phi) is 5.93. The summed E-state index contributed by atoms with van der Waals surface area (Å²) in [6.07, 6.45) is 5.83. The summed E-state index contributed by atoms with van der Waals surface area (Å²) in [6, 6.07) is 17.1. The molecule has 0 unspecified atom stereocenters. The molecule has 3 N–H and O–H groups in total. The monoisotopic (exact) mass is 398 g/mol. The number of piperidine rings is 1. The van der Waals surface area contributed by atoms with E-state index < -0.39 is 0 Å². The fourth-order valence-electron chi connectivity index (χ4n) is 4.97. The number of aryl methyl sites for hydroxylation is 1. The Balaban J connectivity index is 1.34. The van der Waals surface area contributed by atoms with Crippen molar-refractivity contribution < 1.29 is 9.29 Å². The maximum absolute atomic E-state index is 13.2. The molecule has 0 saturated carbocycles. The van der Waals surface area contributed by atoms with Gasteiger partial charge in [-0.15, -0.1) is 0 Å². The number of benzene rings is 2. The maximum atomic E-state index is 13.2. The third-order valence-corrected chi connectivity index (χ3v) is 6.57. The van der Waals surface area contributed by atoms with Crippen molar-refractivity contribution in [3.05, 3.63) is 65.5 Å². The zero-order chi connectivity index (χ0) is 19.5. The van der Waals surface area contributed by atoms with E-state index in [0.717, 1.165) is 36.6 Å². The number of para-hydroxylation sites is 1. The number of halogens is 1. The molecule has 2 saturated heterocycles. The van der Waals surface area contributed by atoms with Crippen LogP contribution in [-0.2, 0) is 13.0 Å². The molecular formula is C23H29FN3S+. The smallest absolute Gasteiger partial charge is 0.171 e. The summed E-state index contributed by atoms with van der Waals surface area (Å²) in [5.41, 5.74) is 3.61. The lowest BCUT2D eigenvalue weighted by atomic mass is 9.96. The zero-order valence-electron chi connectivity index (χ0n) is 16.4. The number of hydrogen-bond donors (Lipinski definition) is 3. The Morgan fingerprint density at radius 3 is 2.43 bits per heavy atom. The van der Waals surface area contributed by atoms with E-state index in [2.05, 4.69) is 35.8 Å². The second kappa shape index (κ2) is 8.58. The molecule has 2 fully saturated rings. The summed E-state index contributed by atoms with van der Waals surface area (Å²) >= 11 is 5.60. The Morgan fingerprint density at radius 1 is 1.07 bits per heavy atom. The van der Waals surface area contributed by atoms with Crippen LogP contribution in [0.25, 0.3) is 0 Å². The predicted octanol–water partition coefficient (Wildman–Crippen LogP) is 3.45. The van der Waals surface area contributed by atoms with Crippen molar-refractivity contribution in [1.82, 2.24) is 5.32 Å². The number of hydrogen-bond acceptors (Lipinski definition) is 1. The van der Waals surface area contributed by atoms with Gasteiger partial charge in [-0.1, -0.05) is 37.3 Å². The van der Waals surface area contributed by atoms with Gasteiger partial charge in [-0.3, -0.25) is 0 Å². The van der Waals surface area contributed by atoms with Gasteiger partial charge in [0.1, 0.15) is 12.4 Å². The minimum atomic E-state index is -0.157.